The van der Waals surface area contributed by atoms with Gasteiger partial charge >= 0.3 is 0 Å². The van der Waals surface area contributed by atoms with Crippen molar-refractivity contribution in [1.29, 1.82) is 0 Å². The van der Waals surface area contributed by atoms with Crippen molar-refractivity contribution in [2.24, 2.45) is 0 Å². The van der Waals surface area contributed by atoms with Crippen molar-refractivity contribution in [2.45, 2.75) is 18.8 Å². The van der Waals surface area contributed by atoms with Crippen LogP contribution in [-0.4, -0.2) is 46.3 Å². The van der Waals surface area contributed by atoms with Gasteiger partial charge in [0.25, 0.3) is 0 Å². The van der Waals surface area contributed by atoms with E-state index in [4.69, 9.17) is 0 Å². The number of rotatable bonds is 4. The molecule has 0 bridgehead atoms. The zero-order valence-electron chi connectivity index (χ0n) is 16.8. The molecular formula is C24H24N6. The van der Waals surface area contributed by atoms with Gasteiger partial charge in [0.15, 0.2) is 0 Å². The number of aromatic amines is 1. The Morgan fingerprint density at radius 3 is 2.53 bits per heavy atom. The molecule has 150 valence electrons. The average Bonchev–Trinajstić information content (AvgIpc) is 3.52. The number of H-pyrrole nitrogens is 1. The summed E-state index contributed by atoms with van der Waals surface area (Å²) in [6.45, 7) is 3.91. The molecule has 0 atom stereocenters. The topological polar surface area (TPSA) is 60.9 Å². The third-order valence-electron chi connectivity index (χ3n) is 6.31. The molecule has 3 heterocycles. The highest BCUT2D eigenvalue weighted by Gasteiger charge is 2.25. The van der Waals surface area contributed by atoms with Gasteiger partial charge in [-0.3, -0.25) is 5.10 Å². The number of aromatic nitrogens is 4. The molecule has 0 spiro atoms. The second kappa shape index (κ2) is 7.13. The summed E-state index contributed by atoms with van der Waals surface area (Å²) in [5.41, 5.74) is 6.04. The van der Waals surface area contributed by atoms with Gasteiger partial charge in [-0.2, -0.15) is 5.10 Å². The molecule has 2 aliphatic rings. The molecule has 2 aromatic carbocycles. The van der Waals surface area contributed by atoms with E-state index < -0.39 is 0 Å². The van der Waals surface area contributed by atoms with Gasteiger partial charge < -0.3 is 9.80 Å². The third kappa shape index (κ3) is 3.18. The summed E-state index contributed by atoms with van der Waals surface area (Å²) in [6.07, 6.45) is 8.14. The van der Waals surface area contributed by atoms with Crippen LogP contribution in [0.25, 0.3) is 22.0 Å². The van der Waals surface area contributed by atoms with E-state index in [9.17, 15) is 0 Å². The van der Waals surface area contributed by atoms with E-state index in [0.717, 1.165) is 59.9 Å². The lowest BCUT2D eigenvalue weighted by atomic mass is 10.1. The Bertz CT molecular complexity index is 1170. The van der Waals surface area contributed by atoms with Gasteiger partial charge in [-0.15, -0.1) is 0 Å². The van der Waals surface area contributed by atoms with Gasteiger partial charge in [0, 0.05) is 49.0 Å². The van der Waals surface area contributed by atoms with Crippen LogP contribution in [0.4, 0.5) is 11.5 Å². The van der Waals surface area contributed by atoms with Gasteiger partial charge in [-0.1, -0.05) is 18.2 Å². The van der Waals surface area contributed by atoms with Crippen LogP contribution in [0, 0.1) is 0 Å². The van der Waals surface area contributed by atoms with Crippen LogP contribution in [-0.2, 0) is 0 Å². The van der Waals surface area contributed by atoms with E-state index in [1.165, 1.54) is 24.1 Å². The molecule has 1 N–H and O–H groups in total. The van der Waals surface area contributed by atoms with E-state index in [0.29, 0.717) is 0 Å². The van der Waals surface area contributed by atoms with E-state index >= 15 is 0 Å². The van der Waals surface area contributed by atoms with Gasteiger partial charge in [0.1, 0.15) is 12.1 Å². The van der Waals surface area contributed by atoms with Crippen molar-refractivity contribution in [3.8, 4) is 11.1 Å². The minimum absolute atomic E-state index is 0.794. The number of hydrogen-bond acceptors (Lipinski definition) is 5. The maximum absolute atomic E-state index is 4.67. The predicted molar refractivity (Wildman–Crippen MR) is 120 cm³/mol. The second-order valence-corrected chi connectivity index (χ2v) is 8.26. The average molecular weight is 396 g/mol. The highest BCUT2D eigenvalue weighted by Crippen LogP contribution is 2.41. The summed E-state index contributed by atoms with van der Waals surface area (Å²) in [6, 6.07) is 15.5. The first-order chi connectivity index (χ1) is 14.8. The molecule has 1 aliphatic heterocycles. The Hall–Kier alpha value is -3.41. The monoisotopic (exact) mass is 396 g/mol. The Labute approximate surface area is 175 Å². The molecule has 0 unspecified atom stereocenters. The summed E-state index contributed by atoms with van der Waals surface area (Å²) in [4.78, 5) is 14.0. The second-order valence-electron chi connectivity index (χ2n) is 8.26. The van der Waals surface area contributed by atoms with Crippen molar-refractivity contribution < 1.29 is 0 Å². The first-order valence-electron chi connectivity index (χ1n) is 10.7. The molecule has 4 aromatic rings. The number of hydrogen-bond donors (Lipinski definition) is 1. The van der Waals surface area contributed by atoms with Crippen LogP contribution in [0.1, 0.15) is 24.3 Å². The summed E-state index contributed by atoms with van der Waals surface area (Å²) in [5.74, 6) is 1.82. The summed E-state index contributed by atoms with van der Waals surface area (Å²) < 4.78 is 0. The number of fused-ring (bicyclic) bond motifs is 1. The summed E-state index contributed by atoms with van der Waals surface area (Å²) >= 11 is 0. The smallest absolute Gasteiger partial charge is 0.140 e. The maximum Gasteiger partial charge on any atom is 0.140 e. The SMILES string of the molecule is c1cc(C2CC2)cc(N2CCN(c3ncnc4ccc(-c5cn[nH]c5)cc34)CC2)c1. The van der Waals surface area contributed by atoms with Gasteiger partial charge in [-0.05, 0) is 54.2 Å². The lowest BCUT2D eigenvalue weighted by Crippen LogP contribution is -2.47. The summed E-state index contributed by atoms with van der Waals surface area (Å²) in [7, 11) is 0. The molecule has 0 radical (unpaired) electrons. The Kier molecular flexibility index (Phi) is 4.15. The fourth-order valence-corrected chi connectivity index (χ4v) is 4.45. The lowest BCUT2D eigenvalue weighted by Gasteiger charge is -2.37. The molecule has 6 rings (SSSR count). The van der Waals surface area contributed by atoms with Crippen LogP contribution < -0.4 is 9.80 Å². The molecule has 2 aromatic heterocycles. The van der Waals surface area contributed by atoms with E-state index in [1.54, 1.807) is 6.33 Å². The molecule has 1 saturated carbocycles. The van der Waals surface area contributed by atoms with Crippen LogP contribution in [0.3, 0.4) is 0 Å². The molecule has 0 amide bonds. The number of piperazine rings is 1. The van der Waals surface area contributed by atoms with E-state index in [2.05, 4.69) is 72.4 Å². The van der Waals surface area contributed by atoms with Crippen LogP contribution in [0.5, 0.6) is 0 Å². The minimum Gasteiger partial charge on any atom is -0.368 e. The fourth-order valence-electron chi connectivity index (χ4n) is 4.45. The highest BCUT2D eigenvalue weighted by molar-refractivity contribution is 5.92. The van der Waals surface area contributed by atoms with Crippen LogP contribution in [0.15, 0.2) is 61.2 Å². The number of nitrogens with zero attached hydrogens (tertiary/aromatic N) is 5. The van der Waals surface area contributed by atoms with E-state index in [-0.39, 0.29) is 0 Å². The predicted octanol–water partition coefficient (Wildman–Crippen LogP) is 4.22. The van der Waals surface area contributed by atoms with Crippen molar-refractivity contribution in [3.63, 3.8) is 0 Å². The fraction of sp³-hybridized carbons (Fsp3) is 0.292. The van der Waals surface area contributed by atoms with Gasteiger partial charge in [0.05, 0.1) is 11.7 Å². The molecule has 1 saturated heterocycles. The van der Waals surface area contributed by atoms with Crippen molar-refractivity contribution >= 4 is 22.4 Å². The normalized spacial score (nSPS) is 16.9. The van der Waals surface area contributed by atoms with E-state index in [1.807, 2.05) is 12.4 Å². The Balaban J connectivity index is 1.25. The molecule has 30 heavy (non-hydrogen) atoms. The molecule has 6 heteroatoms. The Morgan fingerprint density at radius 2 is 1.73 bits per heavy atom. The quantitative estimate of drug-likeness (QED) is 0.560. The first-order valence-corrected chi connectivity index (χ1v) is 10.7. The minimum atomic E-state index is 0.794. The van der Waals surface area contributed by atoms with Crippen molar-refractivity contribution in [2.75, 3.05) is 36.0 Å². The largest absolute Gasteiger partial charge is 0.368 e. The maximum atomic E-state index is 4.67. The zero-order valence-corrected chi connectivity index (χ0v) is 16.8. The molecule has 6 nitrogen and oxygen atoms in total. The van der Waals surface area contributed by atoms with Crippen molar-refractivity contribution in [3.05, 3.63) is 66.7 Å². The highest BCUT2D eigenvalue weighted by atomic mass is 15.3. The first kappa shape index (κ1) is 17.4. The van der Waals surface area contributed by atoms with Crippen molar-refractivity contribution in [1.82, 2.24) is 20.2 Å². The van der Waals surface area contributed by atoms with Gasteiger partial charge in [0.2, 0.25) is 0 Å². The van der Waals surface area contributed by atoms with Crippen LogP contribution >= 0.6 is 0 Å². The third-order valence-corrected chi connectivity index (χ3v) is 6.31. The Morgan fingerprint density at radius 1 is 0.867 bits per heavy atom. The molecular weight excluding hydrogens is 372 g/mol. The summed E-state index contributed by atoms with van der Waals surface area (Å²) in [5, 5.41) is 8.07. The lowest BCUT2D eigenvalue weighted by molar-refractivity contribution is 0.648. The standard InChI is InChI=1S/C24H24N6/c1-2-18(17-4-5-17)12-21(3-1)29-8-10-30(11-9-29)24-22-13-19(20-14-27-28-15-20)6-7-23(22)25-16-26-24/h1-3,6-7,12-17H,4-5,8-11H2,(H,27,28). The zero-order chi connectivity index (χ0) is 19.9. The van der Waals surface area contributed by atoms with Crippen LogP contribution in [0.2, 0.25) is 0 Å². The number of nitrogens with one attached hydrogen (secondary N) is 1. The molecule has 2 fully saturated rings. The van der Waals surface area contributed by atoms with Gasteiger partial charge in [-0.25, -0.2) is 9.97 Å². The number of benzene rings is 2. The number of anilines is 2. The molecule has 1 aliphatic carbocycles.